The van der Waals surface area contributed by atoms with Crippen molar-refractivity contribution in [2.45, 2.75) is 13.5 Å². The van der Waals surface area contributed by atoms with Gasteiger partial charge in [0.1, 0.15) is 18.0 Å². The molecule has 112 valence electrons. The number of aromatic nitrogens is 2. The fourth-order valence-electron chi connectivity index (χ4n) is 2.04. The highest BCUT2D eigenvalue weighted by Gasteiger charge is 2.06. The molecule has 0 saturated heterocycles. The highest BCUT2D eigenvalue weighted by molar-refractivity contribution is 14.1. The van der Waals surface area contributed by atoms with E-state index in [0.717, 1.165) is 15.0 Å². The molecule has 0 aliphatic rings. The number of carbonyl (C=O) groups is 1. The maximum atomic E-state index is 11.7. The van der Waals surface area contributed by atoms with E-state index in [0.29, 0.717) is 11.5 Å². The first-order chi connectivity index (χ1) is 10.6. The van der Waals surface area contributed by atoms with E-state index < -0.39 is 5.97 Å². The number of pyridine rings is 1. The third-order valence-corrected chi connectivity index (χ3v) is 3.65. The van der Waals surface area contributed by atoms with Crippen molar-refractivity contribution in [3.63, 3.8) is 0 Å². The topological polar surface area (TPSA) is 56.7 Å². The summed E-state index contributed by atoms with van der Waals surface area (Å²) >= 11 is 2.06. The molecule has 0 radical (unpaired) electrons. The van der Waals surface area contributed by atoms with Gasteiger partial charge < -0.3 is 13.6 Å². The van der Waals surface area contributed by atoms with Crippen molar-refractivity contribution < 1.29 is 13.9 Å². The lowest BCUT2D eigenvalue weighted by molar-refractivity contribution is -0.139. The van der Waals surface area contributed by atoms with Crippen LogP contribution in [0.4, 0.5) is 0 Å². The van der Waals surface area contributed by atoms with Crippen molar-refractivity contribution in [3.8, 4) is 0 Å². The molecule has 5 nitrogen and oxygen atoms in total. The van der Waals surface area contributed by atoms with Crippen molar-refractivity contribution >= 4 is 40.3 Å². The van der Waals surface area contributed by atoms with Crippen LogP contribution in [0.5, 0.6) is 0 Å². The summed E-state index contributed by atoms with van der Waals surface area (Å²) in [6, 6.07) is 7.56. The lowest BCUT2D eigenvalue weighted by Gasteiger charge is -1.97. The van der Waals surface area contributed by atoms with Crippen LogP contribution >= 0.6 is 22.6 Å². The van der Waals surface area contributed by atoms with Crippen LogP contribution in [-0.2, 0) is 16.1 Å². The van der Waals surface area contributed by atoms with Crippen LogP contribution in [0.1, 0.15) is 17.0 Å². The molecule has 0 saturated carbocycles. The third kappa shape index (κ3) is 3.38. The van der Waals surface area contributed by atoms with Crippen molar-refractivity contribution in [2.24, 2.45) is 0 Å². The summed E-state index contributed by atoms with van der Waals surface area (Å²) in [5.74, 6) is 0.185. The zero-order valence-corrected chi connectivity index (χ0v) is 14.0. The van der Waals surface area contributed by atoms with Gasteiger partial charge in [0, 0.05) is 18.5 Å². The van der Waals surface area contributed by atoms with Crippen LogP contribution < -0.4 is 0 Å². The van der Waals surface area contributed by atoms with E-state index in [-0.39, 0.29) is 6.61 Å². The van der Waals surface area contributed by atoms with Gasteiger partial charge in [0.15, 0.2) is 3.77 Å². The smallest absolute Gasteiger partial charge is 0.331 e. The fourth-order valence-corrected chi connectivity index (χ4v) is 2.47. The maximum Gasteiger partial charge on any atom is 0.331 e. The number of nitrogens with zero attached hydrogens (tertiary/aromatic N) is 2. The summed E-state index contributed by atoms with van der Waals surface area (Å²) in [5.41, 5.74) is 2.66. The molecule has 0 aliphatic carbocycles. The van der Waals surface area contributed by atoms with E-state index in [1.807, 2.05) is 41.9 Å². The molecule has 0 amide bonds. The summed E-state index contributed by atoms with van der Waals surface area (Å²) < 4.78 is 13.2. The number of halogens is 1. The van der Waals surface area contributed by atoms with Gasteiger partial charge in [-0.15, -0.1) is 0 Å². The summed E-state index contributed by atoms with van der Waals surface area (Å²) in [6.45, 7) is 2.13. The first kappa shape index (κ1) is 14.8. The summed E-state index contributed by atoms with van der Waals surface area (Å²) in [5, 5.41) is 0. The van der Waals surface area contributed by atoms with Crippen LogP contribution in [0.2, 0.25) is 0 Å². The third-order valence-electron chi connectivity index (χ3n) is 3.07. The van der Waals surface area contributed by atoms with Gasteiger partial charge in [-0.05, 0) is 59.4 Å². The first-order valence-electron chi connectivity index (χ1n) is 6.65. The zero-order chi connectivity index (χ0) is 15.5. The Hall–Kier alpha value is -2.09. The van der Waals surface area contributed by atoms with Gasteiger partial charge in [-0.25, -0.2) is 9.78 Å². The molecule has 0 unspecified atom stereocenters. The lowest BCUT2D eigenvalue weighted by Crippen LogP contribution is -2.00. The normalized spacial score (nSPS) is 11.4. The Bertz CT molecular complexity index is 848. The second-order valence-corrected chi connectivity index (χ2v) is 5.80. The SMILES string of the molecule is Cc1cccn2cc(COC(=O)/C=C/c3ccc(I)o3)nc12. The Labute approximate surface area is 140 Å². The van der Waals surface area contributed by atoms with E-state index in [4.69, 9.17) is 9.15 Å². The zero-order valence-electron chi connectivity index (χ0n) is 11.8. The van der Waals surface area contributed by atoms with Gasteiger partial charge in [-0.1, -0.05) is 6.07 Å². The predicted octanol–water partition coefficient (Wildman–Crippen LogP) is 3.60. The van der Waals surface area contributed by atoms with Gasteiger partial charge in [-0.2, -0.15) is 0 Å². The summed E-state index contributed by atoms with van der Waals surface area (Å²) in [6.07, 6.45) is 6.70. The minimum Gasteiger partial charge on any atom is -0.456 e. The number of esters is 1. The number of carbonyl (C=O) groups excluding carboxylic acids is 1. The van der Waals surface area contributed by atoms with Crippen molar-refractivity contribution in [3.05, 3.63) is 63.5 Å². The molecule has 6 heteroatoms. The molecule has 0 N–H and O–H groups in total. The number of hydrogen-bond donors (Lipinski definition) is 0. The molecule has 3 heterocycles. The van der Waals surface area contributed by atoms with Crippen molar-refractivity contribution in [2.75, 3.05) is 0 Å². The van der Waals surface area contributed by atoms with Crippen molar-refractivity contribution in [1.82, 2.24) is 9.38 Å². The predicted molar refractivity (Wildman–Crippen MR) is 90.2 cm³/mol. The van der Waals surface area contributed by atoms with Gasteiger partial charge in [0.2, 0.25) is 0 Å². The Morgan fingerprint density at radius 1 is 1.45 bits per heavy atom. The van der Waals surface area contributed by atoms with E-state index in [1.165, 1.54) is 6.08 Å². The highest BCUT2D eigenvalue weighted by Crippen LogP contribution is 2.12. The van der Waals surface area contributed by atoms with Crippen LogP contribution in [0, 0.1) is 10.7 Å². The molecule has 0 atom stereocenters. The van der Waals surface area contributed by atoms with Crippen LogP contribution in [-0.4, -0.2) is 15.4 Å². The lowest BCUT2D eigenvalue weighted by atomic mass is 10.3. The molecule has 0 spiro atoms. The molecule has 3 rings (SSSR count). The second-order valence-electron chi connectivity index (χ2n) is 4.74. The molecule has 3 aromatic rings. The Kier molecular flexibility index (Phi) is 4.28. The molecular weight excluding hydrogens is 395 g/mol. The van der Waals surface area contributed by atoms with Crippen LogP contribution in [0.15, 0.2) is 47.2 Å². The minimum atomic E-state index is -0.430. The van der Waals surface area contributed by atoms with Gasteiger partial charge in [0.25, 0.3) is 0 Å². The molecule has 0 aliphatic heterocycles. The summed E-state index contributed by atoms with van der Waals surface area (Å²) in [4.78, 5) is 16.1. The fraction of sp³-hybridized carbons (Fsp3) is 0.125. The number of furan rings is 1. The average Bonchev–Trinajstić information content (AvgIpc) is 3.10. The van der Waals surface area contributed by atoms with E-state index in [1.54, 1.807) is 12.1 Å². The largest absolute Gasteiger partial charge is 0.456 e. The van der Waals surface area contributed by atoms with E-state index in [2.05, 4.69) is 27.6 Å². The number of ether oxygens (including phenoxy) is 1. The molecule has 3 aromatic heterocycles. The number of imidazole rings is 1. The van der Waals surface area contributed by atoms with Gasteiger partial charge >= 0.3 is 5.97 Å². The van der Waals surface area contributed by atoms with Gasteiger partial charge in [-0.3, -0.25) is 0 Å². The van der Waals surface area contributed by atoms with Gasteiger partial charge in [0.05, 0.1) is 5.69 Å². The molecule has 22 heavy (non-hydrogen) atoms. The average molecular weight is 408 g/mol. The highest BCUT2D eigenvalue weighted by atomic mass is 127. The minimum absolute atomic E-state index is 0.139. The second kappa shape index (κ2) is 6.35. The van der Waals surface area contributed by atoms with Crippen LogP contribution in [0.25, 0.3) is 11.7 Å². The monoisotopic (exact) mass is 408 g/mol. The number of fused-ring (bicyclic) bond motifs is 1. The number of rotatable bonds is 4. The Morgan fingerprint density at radius 3 is 3.05 bits per heavy atom. The molecular formula is C16H13IN2O3. The van der Waals surface area contributed by atoms with E-state index in [9.17, 15) is 4.79 Å². The maximum absolute atomic E-state index is 11.7. The number of hydrogen-bond acceptors (Lipinski definition) is 4. The van der Waals surface area contributed by atoms with E-state index >= 15 is 0 Å². The van der Waals surface area contributed by atoms with Crippen LogP contribution in [0.3, 0.4) is 0 Å². The first-order valence-corrected chi connectivity index (χ1v) is 7.73. The summed E-state index contributed by atoms with van der Waals surface area (Å²) in [7, 11) is 0. The quantitative estimate of drug-likeness (QED) is 0.376. The molecule has 0 aromatic carbocycles. The molecule has 0 fully saturated rings. The Balaban J connectivity index is 1.62. The standard InChI is InChI=1S/C16H13IN2O3/c1-11-3-2-8-19-9-12(18-16(11)19)10-21-15(20)7-5-13-4-6-14(17)22-13/h2-9H,10H2,1H3/b7-5+. The number of aryl methyl sites for hydroxylation is 1. The van der Waals surface area contributed by atoms with Crippen molar-refractivity contribution in [1.29, 1.82) is 0 Å². The Morgan fingerprint density at radius 2 is 2.32 bits per heavy atom. The molecule has 0 bridgehead atoms.